The van der Waals surface area contributed by atoms with Crippen LogP contribution in [0.5, 0.6) is 0 Å². The van der Waals surface area contributed by atoms with Crippen molar-refractivity contribution in [1.82, 2.24) is 15.5 Å². The summed E-state index contributed by atoms with van der Waals surface area (Å²) >= 11 is 0. The van der Waals surface area contributed by atoms with Gasteiger partial charge in [0.05, 0.1) is 0 Å². The molecule has 3 unspecified atom stereocenters. The minimum atomic E-state index is 0.177. The summed E-state index contributed by atoms with van der Waals surface area (Å²) in [5.74, 6) is 0.929. The van der Waals surface area contributed by atoms with Crippen molar-refractivity contribution < 1.29 is 9.59 Å². The third-order valence-corrected chi connectivity index (χ3v) is 4.76. The summed E-state index contributed by atoms with van der Waals surface area (Å²) < 4.78 is 0. The summed E-state index contributed by atoms with van der Waals surface area (Å²) in [7, 11) is 0. The average Bonchev–Trinajstić information content (AvgIpc) is 2.91. The van der Waals surface area contributed by atoms with Crippen molar-refractivity contribution in [2.24, 2.45) is 5.92 Å². The first-order valence-corrected chi connectivity index (χ1v) is 7.53. The van der Waals surface area contributed by atoms with Crippen LogP contribution in [0.3, 0.4) is 0 Å². The average molecular weight is 265 g/mol. The molecule has 3 saturated heterocycles. The molecule has 2 amide bonds. The van der Waals surface area contributed by atoms with Crippen molar-refractivity contribution in [2.75, 3.05) is 19.6 Å². The molecule has 0 aromatic heterocycles. The van der Waals surface area contributed by atoms with E-state index in [2.05, 4.69) is 10.6 Å². The molecule has 3 atom stereocenters. The second-order valence-corrected chi connectivity index (χ2v) is 6.10. The lowest BCUT2D eigenvalue weighted by Gasteiger charge is -2.41. The van der Waals surface area contributed by atoms with Crippen molar-refractivity contribution in [2.45, 2.75) is 50.6 Å². The Morgan fingerprint density at radius 3 is 3.00 bits per heavy atom. The predicted octanol–water partition coefficient (Wildman–Crippen LogP) is 0.256. The van der Waals surface area contributed by atoms with E-state index in [1.807, 2.05) is 4.90 Å². The van der Waals surface area contributed by atoms with Gasteiger partial charge < -0.3 is 15.5 Å². The molecule has 5 nitrogen and oxygen atoms in total. The number of nitrogens with zero attached hydrogens (tertiary/aromatic N) is 1. The highest BCUT2D eigenvalue weighted by Gasteiger charge is 2.35. The SMILES string of the molecule is O=C1CCC2CN(C(=O)CC3CCCN3)CCC2N1. The highest BCUT2D eigenvalue weighted by Crippen LogP contribution is 2.26. The summed E-state index contributed by atoms with van der Waals surface area (Å²) in [5, 5.41) is 6.45. The van der Waals surface area contributed by atoms with E-state index in [9.17, 15) is 9.59 Å². The van der Waals surface area contributed by atoms with Crippen molar-refractivity contribution >= 4 is 11.8 Å². The first kappa shape index (κ1) is 12.9. The van der Waals surface area contributed by atoms with Crippen LogP contribution in [0.2, 0.25) is 0 Å². The van der Waals surface area contributed by atoms with Crippen LogP contribution in [0.25, 0.3) is 0 Å². The number of nitrogens with one attached hydrogen (secondary N) is 2. The third-order valence-electron chi connectivity index (χ3n) is 4.76. The Morgan fingerprint density at radius 2 is 2.21 bits per heavy atom. The molecule has 5 heteroatoms. The molecule has 19 heavy (non-hydrogen) atoms. The first-order chi connectivity index (χ1) is 9.22. The maximum Gasteiger partial charge on any atom is 0.224 e. The second kappa shape index (κ2) is 5.49. The maximum absolute atomic E-state index is 12.3. The summed E-state index contributed by atoms with van der Waals surface area (Å²) in [6, 6.07) is 0.686. The molecule has 3 fully saturated rings. The lowest BCUT2D eigenvalue weighted by Crippen LogP contribution is -2.55. The topological polar surface area (TPSA) is 61.4 Å². The summed E-state index contributed by atoms with van der Waals surface area (Å²) in [5.41, 5.74) is 0. The predicted molar refractivity (Wildman–Crippen MR) is 71.5 cm³/mol. The zero-order chi connectivity index (χ0) is 13.2. The third kappa shape index (κ3) is 2.91. The highest BCUT2D eigenvalue weighted by molar-refractivity contribution is 5.78. The molecule has 0 spiro atoms. The fraction of sp³-hybridized carbons (Fsp3) is 0.857. The molecule has 0 aromatic rings. The highest BCUT2D eigenvalue weighted by atomic mass is 16.2. The second-order valence-electron chi connectivity index (χ2n) is 6.10. The van der Waals surface area contributed by atoms with Gasteiger partial charge in [0.2, 0.25) is 11.8 Å². The molecule has 0 bridgehead atoms. The number of amides is 2. The van der Waals surface area contributed by atoms with E-state index in [-0.39, 0.29) is 11.8 Å². The number of hydrogen-bond donors (Lipinski definition) is 2. The molecule has 3 heterocycles. The minimum absolute atomic E-state index is 0.177. The number of fused-ring (bicyclic) bond motifs is 1. The van der Waals surface area contributed by atoms with Gasteiger partial charge in [-0.15, -0.1) is 0 Å². The number of rotatable bonds is 2. The largest absolute Gasteiger partial charge is 0.353 e. The van der Waals surface area contributed by atoms with Gasteiger partial charge in [0.15, 0.2) is 0 Å². The van der Waals surface area contributed by atoms with Crippen LogP contribution in [0, 0.1) is 5.92 Å². The van der Waals surface area contributed by atoms with Crippen molar-refractivity contribution in [3.63, 3.8) is 0 Å². The van der Waals surface area contributed by atoms with Gasteiger partial charge in [0.1, 0.15) is 0 Å². The smallest absolute Gasteiger partial charge is 0.224 e. The number of carbonyl (C=O) groups is 2. The van der Waals surface area contributed by atoms with Crippen LogP contribution in [0.1, 0.15) is 38.5 Å². The number of carbonyl (C=O) groups excluding carboxylic acids is 2. The first-order valence-electron chi connectivity index (χ1n) is 7.53. The van der Waals surface area contributed by atoms with Crippen LogP contribution in [0.4, 0.5) is 0 Å². The Morgan fingerprint density at radius 1 is 1.32 bits per heavy atom. The Bertz CT molecular complexity index is 366. The van der Waals surface area contributed by atoms with Crippen LogP contribution >= 0.6 is 0 Å². The number of piperidine rings is 2. The Kier molecular flexibility index (Phi) is 3.73. The fourth-order valence-corrected chi connectivity index (χ4v) is 3.61. The van der Waals surface area contributed by atoms with E-state index in [1.165, 1.54) is 6.42 Å². The van der Waals surface area contributed by atoms with E-state index in [0.29, 0.717) is 30.8 Å². The van der Waals surface area contributed by atoms with Crippen molar-refractivity contribution in [3.8, 4) is 0 Å². The number of hydrogen-bond acceptors (Lipinski definition) is 3. The number of likely N-dealkylation sites (tertiary alicyclic amines) is 1. The fourth-order valence-electron chi connectivity index (χ4n) is 3.61. The van der Waals surface area contributed by atoms with Gasteiger partial charge in [-0.05, 0) is 38.1 Å². The minimum Gasteiger partial charge on any atom is -0.353 e. The summed E-state index contributed by atoms with van der Waals surface area (Å²) in [6.07, 6.45) is 5.43. The summed E-state index contributed by atoms with van der Waals surface area (Å²) in [6.45, 7) is 2.68. The van der Waals surface area contributed by atoms with Crippen molar-refractivity contribution in [1.29, 1.82) is 0 Å². The van der Waals surface area contributed by atoms with Gasteiger partial charge >= 0.3 is 0 Å². The summed E-state index contributed by atoms with van der Waals surface area (Å²) in [4.78, 5) is 25.7. The normalized spacial score (nSPS) is 34.8. The van der Waals surface area contributed by atoms with E-state index in [0.717, 1.165) is 38.9 Å². The van der Waals surface area contributed by atoms with Gasteiger partial charge in [-0.2, -0.15) is 0 Å². The quantitative estimate of drug-likeness (QED) is 0.752. The molecular weight excluding hydrogens is 242 g/mol. The van der Waals surface area contributed by atoms with Gasteiger partial charge in [-0.25, -0.2) is 0 Å². The van der Waals surface area contributed by atoms with E-state index >= 15 is 0 Å². The lowest BCUT2D eigenvalue weighted by molar-refractivity contribution is -0.135. The molecule has 0 radical (unpaired) electrons. The molecule has 2 N–H and O–H groups in total. The van der Waals surface area contributed by atoms with Crippen LogP contribution < -0.4 is 10.6 Å². The zero-order valence-corrected chi connectivity index (χ0v) is 11.4. The van der Waals surface area contributed by atoms with Gasteiger partial charge in [-0.3, -0.25) is 9.59 Å². The van der Waals surface area contributed by atoms with E-state index in [4.69, 9.17) is 0 Å². The molecule has 0 aliphatic carbocycles. The van der Waals surface area contributed by atoms with Crippen LogP contribution in [0.15, 0.2) is 0 Å². The standard InChI is InChI=1S/C14H23N3O2/c18-13-4-3-10-9-17(7-5-12(10)16-13)14(19)8-11-2-1-6-15-11/h10-12,15H,1-9H2,(H,16,18). The zero-order valence-electron chi connectivity index (χ0n) is 11.4. The van der Waals surface area contributed by atoms with E-state index in [1.54, 1.807) is 0 Å². The van der Waals surface area contributed by atoms with Gasteiger partial charge in [-0.1, -0.05) is 0 Å². The van der Waals surface area contributed by atoms with Crippen LogP contribution in [-0.2, 0) is 9.59 Å². The molecule has 106 valence electrons. The molecule has 3 rings (SSSR count). The lowest BCUT2D eigenvalue weighted by atomic mass is 9.85. The Hall–Kier alpha value is -1.10. The van der Waals surface area contributed by atoms with E-state index < -0.39 is 0 Å². The van der Waals surface area contributed by atoms with Crippen molar-refractivity contribution in [3.05, 3.63) is 0 Å². The Balaban J connectivity index is 1.52. The Labute approximate surface area is 114 Å². The molecule has 0 saturated carbocycles. The van der Waals surface area contributed by atoms with Gasteiger partial charge in [0, 0.05) is 38.0 Å². The molecule has 3 aliphatic rings. The monoisotopic (exact) mass is 265 g/mol. The molecule has 3 aliphatic heterocycles. The molecule has 0 aromatic carbocycles. The molecular formula is C14H23N3O2. The van der Waals surface area contributed by atoms with Crippen LogP contribution in [-0.4, -0.2) is 48.4 Å². The van der Waals surface area contributed by atoms with Gasteiger partial charge in [0.25, 0.3) is 0 Å². The maximum atomic E-state index is 12.3.